The van der Waals surface area contributed by atoms with E-state index in [1.165, 1.54) is 12.5 Å². The Bertz CT molecular complexity index is 728. The average Bonchev–Trinajstić information content (AvgIpc) is 2.68. The van der Waals surface area contributed by atoms with Crippen molar-refractivity contribution in [1.82, 2.24) is 5.32 Å². The maximum absolute atomic E-state index is 12.1. The molecular weight excluding hydrogens is 370 g/mol. The third-order valence-electron chi connectivity index (χ3n) is 5.36. The first-order valence-electron chi connectivity index (χ1n) is 10.3. The van der Waals surface area contributed by atoms with Gasteiger partial charge < -0.3 is 19.5 Å². The van der Waals surface area contributed by atoms with E-state index in [0.29, 0.717) is 23.3 Å². The van der Waals surface area contributed by atoms with Crippen molar-refractivity contribution < 1.29 is 23.8 Å². The minimum Gasteiger partial charge on any atom is -0.493 e. The molecule has 0 bridgehead atoms. The number of carbonyl (C=O) groups is 2. The zero-order chi connectivity index (χ0) is 21.4. The molecule has 0 heterocycles. The number of ether oxygens (including phenoxy) is 3. The molecule has 160 valence electrons. The van der Waals surface area contributed by atoms with Crippen LogP contribution in [0, 0.1) is 11.8 Å². The third kappa shape index (κ3) is 7.11. The quantitative estimate of drug-likeness (QED) is 0.525. The molecule has 0 spiro atoms. The van der Waals surface area contributed by atoms with E-state index in [-0.39, 0.29) is 24.7 Å². The fraction of sp³-hybridized carbons (Fsp3) is 0.565. The van der Waals surface area contributed by atoms with Crippen LogP contribution in [0.3, 0.4) is 0 Å². The van der Waals surface area contributed by atoms with E-state index in [2.05, 4.69) is 19.2 Å². The maximum atomic E-state index is 12.1. The van der Waals surface area contributed by atoms with Gasteiger partial charge in [-0.25, -0.2) is 4.79 Å². The molecule has 0 radical (unpaired) electrons. The second-order valence-corrected chi connectivity index (χ2v) is 7.96. The predicted octanol–water partition coefficient (Wildman–Crippen LogP) is 3.98. The summed E-state index contributed by atoms with van der Waals surface area (Å²) in [5.41, 5.74) is 0.768. The van der Waals surface area contributed by atoms with Gasteiger partial charge in [-0.3, -0.25) is 4.79 Å². The van der Waals surface area contributed by atoms with Gasteiger partial charge in [0.15, 0.2) is 18.1 Å². The molecule has 1 fully saturated rings. The van der Waals surface area contributed by atoms with E-state index < -0.39 is 5.97 Å². The van der Waals surface area contributed by atoms with E-state index in [1.54, 1.807) is 25.3 Å². The molecule has 1 aliphatic rings. The van der Waals surface area contributed by atoms with E-state index in [4.69, 9.17) is 14.2 Å². The van der Waals surface area contributed by atoms with Crippen LogP contribution >= 0.6 is 0 Å². The lowest BCUT2D eigenvalue weighted by atomic mass is 9.78. The molecule has 6 heteroatoms. The zero-order valence-electron chi connectivity index (χ0n) is 18.1. The van der Waals surface area contributed by atoms with E-state index in [0.717, 1.165) is 18.4 Å². The third-order valence-corrected chi connectivity index (χ3v) is 5.36. The van der Waals surface area contributed by atoms with Crippen molar-refractivity contribution in [2.75, 3.05) is 13.7 Å². The van der Waals surface area contributed by atoms with Crippen LogP contribution in [0.25, 0.3) is 6.08 Å². The number of benzene rings is 1. The van der Waals surface area contributed by atoms with Gasteiger partial charge >= 0.3 is 5.97 Å². The van der Waals surface area contributed by atoms with Gasteiger partial charge in [-0.15, -0.1) is 0 Å². The second kappa shape index (κ2) is 10.9. The number of amides is 1. The zero-order valence-corrected chi connectivity index (χ0v) is 18.1. The summed E-state index contributed by atoms with van der Waals surface area (Å²) in [5, 5.41) is 2.99. The van der Waals surface area contributed by atoms with Crippen LogP contribution in [0.1, 0.15) is 52.5 Å². The van der Waals surface area contributed by atoms with Crippen LogP contribution in [0.2, 0.25) is 0 Å². The maximum Gasteiger partial charge on any atom is 0.331 e. The van der Waals surface area contributed by atoms with Crippen molar-refractivity contribution >= 4 is 18.0 Å². The van der Waals surface area contributed by atoms with Crippen molar-refractivity contribution in [3.05, 3.63) is 29.8 Å². The Kier molecular flexibility index (Phi) is 8.55. The molecule has 1 aliphatic carbocycles. The largest absolute Gasteiger partial charge is 0.493 e. The van der Waals surface area contributed by atoms with Crippen molar-refractivity contribution in [2.45, 2.75) is 59.1 Å². The number of nitrogens with one attached hydrogen (secondary N) is 1. The number of esters is 1. The molecule has 2 rings (SSSR count). The molecule has 1 saturated carbocycles. The van der Waals surface area contributed by atoms with Gasteiger partial charge in [-0.2, -0.15) is 0 Å². The Balaban J connectivity index is 1.84. The van der Waals surface area contributed by atoms with Crippen molar-refractivity contribution in [3.63, 3.8) is 0 Å². The molecule has 0 unspecified atom stereocenters. The monoisotopic (exact) mass is 403 g/mol. The van der Waals surface area contributed by atoms with Crippen LogP contribution < -0.4 is 14.8 Å². The minimum atomic E-state index is -0.563. The Hall–Kier alpha value is -2.50. The normalized spacial score (nSPS) is 21.8. The summed E-state index contributed by atoms with van der Waals surface area (Å²) in [7, 11) is 1.57. The van der Waals surface area contributed by atoms with Crippen molar-refractivity contribution in [2.24, 2.45) is 11.8 Å². The van der Waals surface area contributed by atoms with Gasteiger partial charge in [0.25, 0.3) is 5.91 Å². The van der Waals surface area contributed by atoms with Crippen molar-refractivity contribution in [3.8, 4) is 11.5 Å². The first kappa shape index (κ1) is 22.8. The summed E-state index contributed by atoms with van der Waals surface area (Å²) in [5.74, 6) is 1.44. The second-order valence-electron chi connectivity index (χ2n) is 7.96. The Labute approximate surface area is 173 Å². The van der Waals surface area contributed by atoms with Crippen LogP contribution in [0.15, 0.2) is 24.3 Å². The highest BCUT2D eigenvalue weighted by Crippen LogP contribution is 2.30. The molecule has 29 heavy (non-hydrogen) atoms. The average molecular weight is 404 g/mol. The molecule has 1 aromatic rings. The SMILES string of the molecule is COc1cc(/C=C/C(=O)OCC(=O)N[C@H]2CCC[C@@H](C)[C@H]2C)ccc1OC(C)C. The summed E-state index contributed by atoms with van der Waals surface area (Å²) in [6.45, 7) is 7.98. The Morgan fingerprint density at radius 2 is 1.97 bits per heavy atom. The first-order valence-corrected chi connectivity index (χ1v) is 10.3. The smallest absolute Gasteiger partial charge is 0.331 e. The molecule has 1 aromatic carbocycles. The van der Waals surface area contributed by atoms with E-state index in [1.807, 2.05) is 19.9 Å². The standard InChI is InChI=1S/C23H33NO5/c1-15(2)29-20-11-9-18(13-21(20)27-5)10-12-23(26)28-14-22(25)24-19-8-6-7-16(3)17(19)4/h9-13,15-17,19H,6-8,14H2,1-5H3,(H,24,25)/b12-10+/t16-,17-,19+/m1/s1. The lowest BCUT2D eigenvalue weighted by molar-refractivity contribution is -0.144. The van der Waals surface area contributed by atoms with Crippen LogP contribution in [-0.4, -0.2) is 37.7 Å². The lowest BCUT2D eigenvalue weighted by Crippen LogP contribution is -2.45. The molecular formula is C23H33NO5. The summed E-state index contributed by atoms with van der Waals surface area (Å²) in [4.78, 5) is 24.1. The predicted molar refractivity (Wildman–Crippen MR) is 113 cm³/mol. The van der Waals surface area contributed by atoms with Gasteiger partial charge in [-0.05, 0) is 55.9 Å². The van der Waals surface area contributed by atoms with Crippen LogP contribution in [0.4, 0.5) is 0 Å². The molecule has 6 nitrogen and oxygen atoms in total. The van der Waals surface area contributed by atoms with Gasteiger partial charge in [0.1, 0.15) is 0 Å². The minimum absolute atomic E-state index is 0.0335. The van der Waals surface area contributed by atoms with Gasteiger partial charge in [-0.1, -0.05) is 32.8 Å². The van der Waals surface area contributed by atoms with Crippen molar-refractivity contribution in [1.29, 1.82) is 0 Å². The molecule has 1 amide bonds. The Morgan fingerprint density at radius 1 is 1.21 bits per heavy atom. The summed E-state index contributed by atoms with van der Waals surface area (Å²) >= 11 is 0. The summed E-state index contributed by atoms with van der Waals surface area (Å²) in [6.07, 6.45) is 6.24. The highest BCUT2D eigenvalue weighted by molar-refractivity contribution is 5.89. The Morgan fingerprint density at radius 3 is 2.66 bits per heavy atom. The van der Waals surface area contributed by atoms with E-state index in [9.17, 15) is 9.59 Å². The highest BCUT2D eigenvalue weighted by atomic mass is 16.5. The summed E-state index contributed by atoms with van der Waals surface area (Å²) < 4.78 is 16.1. The van der Waals surface area contributed by atoms with E-state index >= 15 is 0 Å². The fourth-order valence-electron chi connectivity index (χ4n) is 3.52. The van der Waals surface area contributed by atoms with Gasteiger partial charge in [0.2, 0.25) is 0 Å². The number of hydrogen-bond donors (Lipinski definition) is 1. The molecule has 0 aliphatic heterocycles. The van der Waals surface area contributed by atoms with Gasteiger partial charge in [0, 0.05) is 12.1 Å². The number of hydrogen-bond acceptors (Lipinski definition) is 5. The lowest BCUT2D eigenvalue weighted by Gasteiger charge is -2.34. The number of methoxy groups -OCH3 is 1. The van der Waals surface area contributed by atoms with Crippen LogP contribution in [-0.2, 0) is 14.3 Å². The molecule has 3 atom stereocenters. The van der Waals surface area contributed by atoms with Crippen LogP contribution in [0.5, 0.6) is 11.5 Å². The first-order chi connectivity index (χ1) is 13.8. The molecule has 0 aromatic heterocycles. The molecule has 0 saturated heterocycles. The molecule has 1 N–H and O–H groups in total. The summed E-state index contributed by atoms with van der Waals surface area (Å²) in [6, 6.07) is 5.55. The number of carbonyl (C=O) groups excluding carboxylic acids is 2. The fourth-order valence-corrected chi connectivity index (χ4v) is 3.52. The topological polar surface area (TPSA) is 73.9 Å². The number of rotatable bonds is 8. The van der Waals surface area contributed by atoms with Gasteiger partial charge in [0.05, 0.1) is 13.2 Å². The highest BCUT2D eigenvalue weighted by Gasteiger charge is 2.28.